The van der Waals surface area contributed by atoms with Crippen LogP contribution in [0.4, 0.5) is 0 Å². The van der Waals surface area contributed by atoms with Gasteiger partial charge < -0.3 is 0 Å². The summed E-state index contributed by atoms with van der Waals surface area (Å²) in [5.41, 5.74) is -1.03. The molecule has 0 unspecified atom stereocenters. The predicted molar refractivity (Wildman–Crippen MR) is 210 cm³/mol. The highest BCUT2D eigenvalue weighted by molar-refractivity contribution is 6.21. The molecule has 10 rings (SSSR count). The van der Waals surface area contributed by atoms with Crippen LogP contribution in [0.1, 0.15) is 50.9 Å². The van der Waals surface area contributed by atoms with Gasteiger partial charge in [-0.05, 0) is 96.4 Å². The van der Waals surface area contributed by atoms with Crippen molar-refractivity contribution in [3.8, 4) is 50.5 Å². The lowest BCUT2D eigenvalue weighted by atomic mass is 9.80. The van der Waals surface area contributed by atoms with Crippen molar-refractivity contribution >= 4 is 32.6 Å². The number of para-hydroxylation sites is 2. The molecule has 0 atom stereocenters. The molecule has 0 aliphatic heterocycles. The third-order valence-electron chi connectivity index (χ3n) is 9.39. The van der Waals surface area contributed by atoms with Gasteiger partial charge >= 0.3 is 0 Å². The van der Waals surface area contributed by atoms with Gasteiger partial charge in [-0.1, -0.05) is 153 Å². The molecule has 9 aromatic rings. The Morgan fingerprint density at radius 2 is 1.16 bits per heavy atom. The van der Waals surface area contributed by atoms with Gasteiger partial charge in [0.2, 0.25) is 0 Å². The number of imidazole rings is 1. The Hall–Kier alpha value is -6.25. The van der Waals surface area contributed by atoms with E-state index >= 15 is 0 Å². The first kappa shape index (κ1) is 15.5. The van der Waals surface area contributed by atoms with Gasteiger partial charge in [0.25, 0.3) is 0 Å². The average Bonchev–Trinajstić information content (AvgIpc) is 3.85. The number of fused-ring (bicyclic) bond motifs is 6. The summed E-state index contributed by atoms with van der Waals surface area (Å²) < 4.78 is 171. The van der Waals surface area contributed by atoms with Crippen molar-refractivity contribution in [2.24, 2.45) is 0 Å². The van der Waals surface area contributed by atoms with Crippen LogP contribution in [0, 0.1) is 0 Å². The van der Waals surface area contributed by atoms with Crippen molar-refractivity contribution in [1.29, 1.82) is 0 Å². The van der Waals surface area contributed by atoms with Crippen molar-refractivity contribution in [2.75, 3.05) is 0 Å². The Morgan fingerprint density at radius 1 is 0.540 bits per heavy atom. The van der Waals surface area contributed by atoms with Gasteiger partial charge in [0.05, 0.1) is 28.9 Å². The van der Waals surface area contributed by atoms with E-state index in [0.717, 1.165) is 0 Å². The van der Waals surface area contributed by atoms with Gasteiger partial charge in [-0.25, -0.2) is 4.98 Å². The highest BCUT2D eigenvalue weighted by Crippen LogP contribution is 2.51. The second-order valence-corrected chi connectivity index (χ2v) is 12.1. The number of aromatic nitrogens is 2. The molecule has 1 aromatic heterocycles. The molecule has 2 nitrogen and oxygen atoms in total. The van der Waals surface area contributed by atoms with Crippen LogP contribution in [0.5, 0.6) is 0 Å². The molecule has 0 spiro atoms. The Bertz CT molecular complexity index is 3630. The zero-order chi connectivity index (χ0) is 49.7. The topological polar surface area (TPSA) is 17.8 Å². The molecule has 0 radical (unpaired) electrons. The average molecular weight is 658 g/mol. The van der Waals surface area contributed by atoms with Crippen LogP contribution in [-0.4, -0.2) is 9.55 Å². The maximum absolute atomic E-state index is 9.52. The van der Waals surface area contributed by atoms with Crippen molar-refractivity contribution in [3.63, 3.8) is 0 Å². The zero-order valence-corrected chi connectivity index (χ0v) is 26.1. The quantitative estimate of drug-likeness (QED) is 0.172. The van der Waals surface area contributed by atoms with E-state index in [1.165, 1.54) is 24.3 Å². The summed E-state index contributed by atoms with van der Waals surface area (Å²) in [6, 6.07) is 16.0. The van der Waals surface area contributed by atoms with Crippen molar-refractivity contribution < 1.29 is 26.0 Å². The Kier molecular flexibility index (Phi) is 3.38. The highest BCUT2D eigenvalue weighted by Gasteiger charge is 2.35. The van der Waals surface area contributed by atoms with E-state index in [1.807, 2.05) is 0 Å². The van der Waals surface area contributed by atoms with Crippen LogP contribution in [0.25, 0.3) is 83.0 Å². The predicted octanol–water partition coefficient (Wildman–Crippen LogP) is 12.6. The molecule has 0 amide bonds. The molecule has 1 aliphatic rings. The van der Waals surface area contributed by atoms with Gasteiger partial charge in [0, 0.05) is 24.9 Å². The van der Waals surface area contributed by atoms with Gasteiger partial charge in [-0.2, -0.15) is 0 Å². The summed E-state index contributed by atoms with van der Waals surface area (Å²) in [6.45, 7) is -6.35. The first-order valence-electron chi connectivity index (χ1n) is 25.3. The van der Waals surface area contributed by atoms with Crippen LogP contribution >= 0.6 is 0 Å². The summed E-state index contributed by atoms with van der Waals surface area (Å²) in [7, 11) is 0. The summed E-state index contributed by atoms with van der Waals surface area (Å²) in [6.07, 6.45) is 0. The van der Waals surface area contributed by atoms with Crippen molar-refractivity contribution in [3.05, 3.63) is 181 Å². The molecule has 50 heavy (non-hydrogen) atoms. The molecule has 0 N–H and O–H groups in total. The van der Waals surface area contributed by atoms with Crippen LogP contribution in [-0.2, 0) is 5.41 Å². The second kappa shape index (κ2) is 10.9. The molecule has 2 heteroatoms. The van der Waals surface area contributed by atoms with E-state index in [2.05, 4.69) is 0 Å². The summed E-state index contributed by atoms with van der Waals surface area (Å²) >= 11 is 0. The number of benzene rings is 8. The number of hydrogen-bond acceptors (Lipinski definition) is 1. The summed E-state index contributed by atoms with van der Waals surface area (Å²) in [5.74, 6) is -0.0248. The monoisotopic (exact) mass is 657 g/mol. The highest BCUT2D eigenvalue weighted by atomic mass is 15.1. The SMILES string of the molecule is [2H]c1c([2H])c([2H])c(-c2nc3ccccc3n2-c2cccc(-c3c4c([2H])c([2H])c([2H])c([2H])c4c(-c4ccc5c(c4)C(C([2H])([2H])[2H])(C([2H])([2H])[2H])c4ccccc4-5)c4c([2H])c([2H])c([2H])c([2H])c34)c2)c([2H])c1[2H]. The van der Waals surface area contributed by atoms with Gasteiger partial charge in [-0.3, -0.25) is 4.57 Å². The smallest absolute Gasteiger partial charge is 0.145 e. The third-order valence-corrected chi connectivity index (χ3v) is 9.39. The lowest BCUT2D eigenvalue weighted by Crippen LogP contribution is -2.14. The zero-order valence-electron chi connectivity index (χ0n) is 45.1. The summed E-state index contributed by atoms with van der Waals surface area (Å²) in [5, 5.41) is -0.742. The number of nitrogens with zero attached hydrogens (tertiary/aromatic N) is 2. The van der Waals surface area contributed by atoms with Crippen LogP contribution in [0.15, 0.2) is 170 Å². The first-order valence-corrected chi connectivity index (χ1v) is 15.8. The molecule has 1 heterocycles. The lowest BCUT2D eigenvalue weighted by molar-refractivity contribution is 0.660. The molecule has 8 aromatic carbocycles. The van der Waals surface area contributed by atoms with E-state index in [-0.39, 0.29) is 66.3 Å². The van der Waals surface area contributed by atoms with E-state index in [9.17, 15) is 5.48 Å². The maximum atomic E-state index is 9.52. The molecule has 0 saturated carbocycles. The van der Waals surface area contributed by atoms with Gasteiger partial charge in [0.1, 0.15) is 5.82 Å². The fraction of sp³-hybridized carbons (Fsp3) is 0.0625. The number of hydrogen-bond donors (Lipinski definition) is 0. The Morgan fingerprint density at radius 3 is 1.88 bits per heavy atom. The van der Waals surface area contributed by atoms with Crippen LogP contribution < -0.4 is 0 Å². The lowest BCUT2D eigenvalue weighted by Gasteiger charge is -2.23. The maximum Gasteiger partial charge on any atom is 0.145 e. The fourth-order valence-corrected chi connectivity index (χ4v) is 7.25. The molecule has 236 valence electrons. The minimum Gasteiger partial charge on any atom is -0.292 e. The fourth-order valence-electron chi connectivity index (χ4n) is 7.25. The first-order chi connectivity index (χ1) is 32.5. The van der Waals surface area contributed by atoms with Crippen LogP contribution in [0.3, 0.4) is 0 Å². The third kappa shape index (κ3) is 4.18. The minimum atomic E-state index is -3.17. The van der Waals surface area contributed by atoms with Gasteiger partial charge in [0.15, 0.2) is 0 Å². The van der Waals surface area contributed by atoms with E-state index in [0.29, 0.717) is 27.8 Å². The summed E-state index contributed by atoms with van der Waals surface area (Å²) in [4.78, 5) is 4.74. The van der Waals surface area contributed by atoms with Crippen LogP contribution in [0.2, 0.25) is 0 Å². The molecular formula is C48H34N2. The number of rotatable bonds is 4. The van der Waals surface area contributed by atoms with Crippen molar-refractivity contribution in [2.45, 2.75) is 19.1 Å². The van der Waals surface area contributed by atoms with Crippen molar-refractivity contribution in [1.82, 2.24) is 9.55 Å². The molecule has 0 bridgehead atoms. The van der Waals surface area contributed by atoms with Gasteiger partial charge in [-0.15, -0.1) is 0 Å². The normalized spacial score (nSPS) is 19.1. The molecule has 0 saturated heterocycles. The van der Waals surface area contributed by atoms with E-state index < -0.39 is 97.7 Å². The van der Waals surface area contributed by atoms with E-state index in [1.54, 1.807) is 71.3 Å². The van der Waals surface area contributed by atoms with E-state index in [4.69, 9.17) is 25.5 Å². The molecule has 0 fully saturated rings. The second-order valence-electron chi connectivity index (χ2n) is 12.1. The standard InChI is InChI=1S/C48H34N2/c1-48(2)41-24-11-10-19-35(41)36-28-27-33(30-42(36)48)46-39-22-8-6-20-37(39)45(38-21-7-9-23-40(38)46)32-17-14-18-34(29-32)50-44-26-13-12-25-43(44)49-47(50)31-15-4-3-5-16-31/h3-30H,1-2H3/i1D3,2D3,3D,4D,5D,6D,7D,8D,9D,15D,16D,20D,21D,22D,23D. The minimum absolute atomic E-state index is 0.0248. The molecule has 1 aliphatic carbocycles. The Labute approximate surface area is 318 Å². The Balaban J connectivity index is 1.36. The largest absolute Gasteiger partial charge is 0.292 e. The molecular weight excluding hydrogens is 605 g/mol.